The maximum Gasteiger partial charge on any atom is 0.323 e. The first-order valence-electron chi connectivity index (χ1n) is 8.90. The molecule has 8 heteroatoms. The Morgan fingerprint density at radius 1 is 0.966 bits per heavy atom. The standard InChI is InChI=1S/C21H18N6O2/c1-15-3-5-16(6-4-15)25-21(28)26-17-7-9-18(10-8-17)29-20-13-19(22-14-23-20)27-12-2-11-24-27/h2-14H,1H3,(H2,25,26,28). The molecule has 29 heavy (non-hydrogen) atoms. The molecule has 8 nitrogen and oxygen atoms in total. The fourth-order valence-corrected chi connectivity index (χ4v) is 2.57. The van der Waals surface area contributed by atoms with E-state index in [4.69, 9.17) is 4.74 Å². The van der Waals surface area contributed by atoms with Crippen molar-refractivity contribution in [1.29, 1.82) is 0 Å². The fourth-order valence-electron chi connectivity index (χ4n) is 2.57. The lowest BCUT2D eigenvalue weighted by molar-refractivity contribution is 0.262. The first kappa shape index (κ1) is 18.2. The van der Waals surface area contributed by atoms with Gasteiger partial charge in [-0.05, 0) is 49.4 Å². The highest BCUT2D eigenvalue weighted by Gasteiger charge is 2.06. The monoisotopic (exact) mass is 386 g/mol. The van der Waals surface area contributed by atoms with Crippen LogP contribution in [-0.4, -0.2) is 25.8 Å². The predicted molar refractivity (Wildman–Crippen MR) is 109 cm³/mol. The number of benzene rings is 2. The summed E-state index contributed by atoms with van der Waals surface area (Å²) >= 11 is 0. The molecule has 2 heterocycles. The van der Waals surface area contributed by atoms with Crippen LogP contribution in [-0.2, 0) is 0 Å². The Labute approximate surface area is 167 Å². The van der Waals surface area contributed by atoms with Crippen molar-refractivity contribution in [3.63, 3.8) is 0 Å². The van der Waals surface area contributed by atoms with Crippen LogP contribution in [0.25, 0.3) is 5.82 Å². The van der Waals surface area contributed by atoms with Crippen LogP contribution in [0.1, 0.15) is 5.56 Å². The lowest BCUT2D eigenvalue weighted by Crippen LogP contribution is -2.19. The number of anilines is 2. The number of urea groups is 1. The molecule has 0 aliphatic carbocycles. The zero-order chi connectivity index (χ0) is 20.1. The fraction of sp³-hybridized carbons (Fsp3) is 0.0476. The Morgan fingerprint density at radius 3 is 2.31 bits per heavy atom. The molecule has 0 aliphatic rings. The molecule has 4 rings (SSSR count). The molecule has 0 fully saturated rings. The van der Waals surface area contributed by atoms with E-state index in [-0.39, 0.29) is 6.03 Å². The Balaban J connectivity index is 1.37. The van der Waals surface area contributed by atoms with Gasteiger partial charge in [0.25, 0.3) is 0 Å². The quantitative estimate of drug-likeness (QED) is 0.530. The summed E-state index contributed by atoms with van der Waals surface area (Å²) in [6, 6.07) is 17.8. The third kappa shape index (κ3) is 4.75. The number of nitrogens with one attached hydrogen (secondary N) is 2. The Kier molecular flexibility index (Phi) is 5.15. The Hall–Kier alpha value is -4.20. The maximum absolute atomic E-state index is 12.1. The molecule has 0 atom stereocenters. The van der Waals surface area contributed by atoms with Crippen molar-refractivity contribution in [1.82, 2.24) is 19.7 Å². The summed E-state index contributed by atoms with van der Waals surface area (Å²) in [7, 11) is 0. The van der Waals surface area contributed by atoms with Crippen molar-refractivity contribution in [2.45, 2.75) is 6.92 Å². The second-order valence-electron chi connectivity index (χ2n) is 6.24. The van der Waals surface area contributed by atoms with Crippen molar-refractivity contribution >= 4 is 17.4 Å². The minimum Gasteiger partial charge on any atom is -0.439 e. The predicted octanol–water partition coefficient (Wildman–Crippen LogP) is 4.41. The van der Waals surface area contributed by atoms with Crippen LogP contribution < -0.4 is 15.4 Å². The smallest absolute Gasteiger partial charge is 0.323 e. The molecule has 0 radical (unpaired) electrons. The third-order valence-corrected chi connectivity index (χ3v) is 4.01. The number of hydrogen-bond acceptors (Lipinski definition) is 5. The van der Waals surface area contributed by atoms with Crippen molar-refractivity contribution in [3.05, 3.63) is 84.9 Å². The second kappa shape index (κ2) is 8.22. The van der Waals surface area contributed by atoms with Gasteiger partial charge in [-0.2, -0.15) is 5.10 Å². The molecule has 0 saturated carbocycles. The summed E-state index contributed by atoms with van der Waals surface area (Å²) in [5.74, 6) is 1.58. The molecule has 4 aromatic rings. The van der Waals surface area contributed by atoms with E-state index in [9.17, 15) is 4.79 Å². The highest BCUT2D eigenvalue weighted by Crippen LogP contribution is 2.22. The average Bonchev–Trinajstić information content (AvgIpc) is 3.26. The van der Waals surface area contributed by atoms with Gasteiger partial charge in [0.15, 0.2) is 5.82 Å². The summed E-state index contributed by atoms with van der Waals surface area (Å²) in [6.07, 6.45) is 4.87. The lowest BCUT2D eigenvalue weighted by Gasteiger charge is -2.09. The number of aromatic nitrogens is 4. The van der Waals surface area contributed by atoms with Gasteiger partial charge in [-0.15, -0.1) is 0 Å². The number of rotatable bonds is 5. The maximum atomic E-state index is 12.1. The average molecular weight is 386 g/mol. The van der Waals surface area contributed by atoms with Crippen LogP contribution in [0.4, 0.5) is 16.2 Å². The molecule has 0 bridgehead atoms. The molecular weight excluding hydrogens is 368 g/mol. The van der Waals surface area contributed by atoms with Crippen LogP contribution in [0.2, 0.25) is 0 Å². The van der Waals surface area contributed by atoms with Gasteiger partial charge in [-0.1, -0.05) is 17.7 Å². The van der Waals surface area contributed by atoms with Crippen LogP contribution in [0.3, 0.4) is 0 Å². The van der Waals surface area contributed by atoms with E-state index in [1.165, 1.54) is 6.33 Å². The zero-order valence-electron chi connectivity index (χ0n) is 15.6. The van der Waals surface area contributed by atoms with E-state index < -0.39 is 0 Å². The topological polar surface area (TPSA) is 94.0 Å². The van der Waals surface area contributed by atoms with Gasteiger partial charge >= 0.3 is 6.03 Å². The minimum absolute atomic E-state index is 0.317. The molecule has 144 valence electrons. The first-order valence-corrected chi connectivity index (χ1v) is 8.90. The summed E-state index contributed by atoms with van der Waals surface area (Å²) < 4.78 is 7.38. The van der Waals surface area contributed by atoms with Gasteiger partial charge in [-0.25, -0.2) is 19.4 Å². The van der Waals surface area contributed by atoms with Crippen molar-refractivity contribution in [2.24, 2.45) is 0 Å². The van der Waals surface area contributed by atoms with Crippen molar-refractivity contribution < 1.29 is 9.53 Å². The van der Waals surface area contributed by atoms with Crippen LogP contribution in [0.15, 0.2) is 79.4 Å². The van der Waals surface area contributed by atoms with Gasteiger partial charge in [0.05, 0.1) is 0 Å². The molecule has 2 aromatic carbocycles. The van der Waals surface area contributed by atoms with Crippen molar-refractivity contribution in [3.8, 4) is 17.4 Å². The van der Waals surface area contributed by atoms with Crippen LogP contribution in [0.5, 0.6) is 11.6 Å². The number of hydrogen-bond donors (Lipinski definition) is 2. The van der Waals surface area contributed by atoms with E-state index >= 15 is 0 Å². The van der Waals surface area contributed by atoms with E-state index in [1.54, 1.807) is 47.4 Å². The van der Waals surface area contributed by atoms with E-state index in [0.29, 0.717) is 23.1 Å². The highest BCUT2D eigenvalue weighted by molar-refractivity contribution is 5.99. The molecule has 2 amide bonds. The van der Waals surface area contributed by atoms with Crippen LogP contribution >= 0.6 is 0 Å². The Bertz CT molecular complexity index is 1090. The molecule has 0 unspecified atom stereocenters. The summed E-state index contributed by atoms with van der Waals surface area (Å²) in [4.78, 5) is 20.4. The highest BCUT2D eigenvalue weighted by atomic mass is 16.5. The molecule has 0 spiro atoms. The van der Waals surface area contributed by atoms with Gasteiger partial charge < -0.3 is 15.4 Å². The SMILES string of the molecule is Cc1ccc(NC(=O)Nc2ccc(Oc3cc(-n4cccn4)ncn3)cc2)cc1. The molecule has 0 aliphatic heterocycles. The summed E-state index contributed by atoms with van der Waals surface area (Å²) in [5, 5.41) is 9.70. The van der Waals surface area contributed by atoms with Gasteiger partial charge in [0.1, 0.15) is 12.1 Å². The largest absolute Gasteiger partial charge is 0.439 e. The number of aryl methyl sites for hydroxylation is 1. The first-order chi connectivity index (χ1) is 14.2. The lowest BCUT2D eigenvalue weighted by atomic mass is 10.2. The molecule has 2 N–H and O–H groups in total. The normalized spacial score (nSPS) is 10.4. The molecule has 0 saturated heterocycles. The number of ether oxygens (including phenoxy) is 1. The number of amides is 2. The second-order valence-corrected chi connectivity index (χ2v) is 6.24. The zero-order valence-corrected chi connectivity index (χ0v) is 15.6. The number of nitrogens with zero attached hydrogens (tertiary/aromatic N) is 4. The summed E-state index contributed by atoms with van der Waals surface area (Å²) in [5.41, 5.74) is 2.50. The number of carbonyl (C=O) groups is 1. The summed E-state index contributed by atoms with van der Waals surface area (Å²) in [6.45, 7) is 1.99. The number of carbonyl (C=O) groups excluding carboxylic acids is 1. The van der Waals surface area contributed by atoms with Crippen molar-refractivity contribution in [2.75, 3.05) is 10.6 Å². The third-order valence-electron chi connectivity index (χ3n) is 4.01. The Morgan fingerprint density at radius 2 is 1.66 bits per heavy atom. The molecular formula is C21H18N6O2. The van der Waals surface area contributed by atoms with E-state index in [1.807, 2.05) is 37.3 Å². The van der Waals surface area contributed by atoms with Gasteiger partial charge in [0, 0.05) is 29.8 Å². The minimum atomic E-state index is -0.317. The van der Waals surface area contributed by atoms with Gasteiger partial charge in [-0.3, -0.25) is 0 Å². The van der Waals surface area contributed by atoms with E-state index in [2.05, 4.69) is 25.7 Å². The van der Waals surface area contributed by atoms with Crippen LogP contribution in [0, 0.1) is 6.92 Å². The van der Waals surface area contributed by atoms with E-state index in [0.717, 1.165) is 11.3 Å². The van der Waals surface area contributed by atoms with Gasteiger partial charge in [0.2, 0.25) is 5.88 Å². The molecule has 2 aromatic heterocycles.